The molecule has 0 saturated heterocycles. The van der Waals surface area contributed by atoms with Gasteiger partial charge in [0.25, 0.3) is 0 Å². The summed E-state index contributed by atoms with van der Waals surface area (Å²) in [5.41, 5.74) is 9.24. The van der Waals surface area contributed by atoms with Crippen LogP contribution in [0.1, 0.15) is 13.8 Å². The Hall–Kier alpha value is -0.350. The fourth-order valence-electron chi connectivity index (χ4n) is 0.204. The first kappa shape index (κ1) is 11.4. The molecule has 0 amide bonds. The van der Waals surface area contributed by atoms with E-state index in [4.69, 9.17) is 4.74 Å². The van der Waals surface area contributed by atoms with Gasteiger partial charge < -0.3 is 16.2 Å². The van der Waals surface area contributed by atoms with E-state index in [9.17, 15) is 0 Å². The van der Waals surface area contributed by atoms with Crippen molar-refractivity contribution in [3.05, 3.63) is 0 Å². The normalized spacial score (nSPS) is 7.33. The molecule has 0 bridgehead atoms. The molecule has 0 radical (unpaired) electrons. The van der Waals surface area contributed by atoms with Crippen molar-refractivity contribution in [2.45, 2.75) is 13.8 Å². The van der Waals surface area contributed by atoms with Crippen LogP contribution in [0.4, 0.5) is 0 Å². The number of hydrogen-bond acceptors (Lipinski definition) is 2. The smallest absolute Gasteiger partial charge is 0.160 e. The molecule has 0 aromatic rings. The molecule has 0 fully saturated rings. The molecule has 9 heavy (non-hydrogen) atoms. The average molecular weight is 150 g/mol. The third kappa shape index (κ3) is 89.7. The first-order valence-electron chi connectivity index (χ1n) is 2.77. The summed E-state index contributed by atoms with van der Waals surface area (Å²) in [6.07, 6.45) is 0. The molecule has 56 valence electrons. The van der Waals surface area contributed by atoms with E-state index >= 15 is 0 Å². The zero-order valence-corrected chi connectivity index (χ0v) is 6.70. The highest BCUT2D eigenvalue weighted by atomic mass is 32.1. The number of hydrogen-bond donors (Lipinski definition) is 2. The molecule has 0 spiro atoms. The van der Waals surface area contributed by atoms with Gasteiger partial charge in [-0.05, 0) is 26.1 Å². The maximum Gasteiger partial charge on any atom is 0.160 e. The van der Waals surface area contributed by atoms with Crippen LogP contribution in [0.25, 0.3) is 0 Å². The van der Waals surface area contributed by atoms with E-state index in [2.05, 4.69) is 23.7 Å². The average Bonchev–Trinajstić information content (AvgIpc) is 1.66. The van der Waals surface area contributed by atoms with Crippen LogP contribution in [-0.4, -0.2) is 18.3 Å². The van der Waals surface area contributed by atoms with Gasteiger partial charge in [-0.25, -0.2) is 0 Å². The molecule has 0 unspecified atom stereocenters. The van der Waals surface area contributed by atoms with Crippen molar-refractivity contribution >= 4 is 17.3 Å². The Labute approximate surface area is 61.4 Å². The van der Waals surface area contributed by atoms with Gasteiger partial charge >= 0.3 is 0 Å². The van der Waals surface area contributed by atoms with Gasteiger partial charge in [0.05, 0.1) is 0 Å². The lowest BCUT2D eigenvalue weighted by Crippen LogP contribution is -2.18. The molecule has 4 N–H and O–H groups in total. The van der Waals surface area contributed by atoms with E-state index in [0.717, 1.165) is 13.2 Å². The Bertz CT molecular complexity index is 62.0. The highest BCUT2D eigenvalue weighted by molar-refractivity contribution is 7.80. The van der Waals surface area contributed by atoms with Crippen LogP contribution >= 0.6 is 12.2 Å². The van der Waals surface area contributed by atoms with Gasteiger partial charge in [0.1, 0.15) is 0 Å². The molecule has 0 aliphatic heterocycles. The van der Waals surface area contributed by atoms with Gasteiger partial charge in [0, 0.05) is 13.2 Å². The summed E-state index contributed by atoms with van der Waals surface area (Å²) in [6.45, 7) is 5.67. The summed E-state index contributed by atoms with van der Waals surface area (Å²) in [7, 11) is 0. The molecule has 0 saturated carbocycles. The van der Waals surface area contributed by atoms with Gasteiger partial charge in [-0.1, -0.05) is 0 Å². The predicted molar refractivity (Wildman–Crippen MR) is 43.1 cm³/mol. The van der Waals surface area contributed by atoms with Crippen molar-refractivity contribution in [1.82, 2.24) is 0 Å². The van der Waals surface area contributed by atoms with Gasteiger partial charge in [0.2, 0.25) is 0 Å². The second-order valence-electron chi connectivity index (χ2n) is 1.18. The van der Waals surface area contributed by atoms with Gasteiger partial charge in [-0.15, -0.1) is 0 Å². The summed E-state index contributed by atoms with van der Waals surface area (Å²) >= 11 is 4.09. The second kappa shape index (κ2) is 10.6. The van der Waals surface area contributed by atoms with Crippen LogP contribution in [0.2, 0.25) is 0 Å². The Morgan fingerprint density at radius 1 is 1.33 bits per heavy atom. The molecule has 0 heterocycles. The molecule has 4 heteroatoms. The van der Waals surface area contributed by atoms with Crippen LogP contribution < -0.4 is 11.5 Å². The van der Waals surface area contributed by atoms with Crippen molar-refractivity contribution < 1.29 is 4.74 Å². The largest absolute Gasteiger partial charge is 0.382 e. The predicted octanol–water partition coefficient (Wildman–Crippen LogP) is 0.232. The minimum atomic E-state index is 0.000000000000000222. The fraction of sp³-hybridized carbons (Fsp3) is 0.800. The first-order chi connectivity index (χ1) is 4.15. The van der Waals surface area contributed by atoms with Crippen molar-refractivity contribution in [3.63, 3.8) is 0 Å². The zero-order valence-electron chi connectivity index (χ0n) is 5.89. The quantitative estimate of drug-likeness (QED) is 0.553. The standard InChI is InChI=1S/C4H10O.CH4N2S/c1-3-5-4-2;2-1(3)4/h3-4H2,1-2H3;(H4,2,3,4). The van der Waals surface area contributed by atoms with Crippen molar-refractivity contribution in [3.8, 4) is 0 Å². The minimum absolute atomic E-state index is 0.000000000000000222. The maximum absolute atomic E-state index is 4.83. The van der Waals surface area contributed by atoms with E-state index in [1.807, 2.05) is 13.8 Å². The lowest BCUT2D eigenvalue weighted by molar-refractivity contribution is 0.162. The van der Waals surface area contributed by atoms with Crippen molar-refractivity contribution in [1.29, 1.82) is 0 Å². The molecule has 0 aromatic carbocycles. The van der Waals surface area contributed by atoms with E-state index in [1.54, 1.807) is 0 Å². The summed E-state index contributed by atoms with van der Waals surface area (Å²) in [6, 6.07) is 0. The third-order valence-corrected chi connectivity index (χ3v) is 0.408. The SMILES string of the molecule is CCOCC.NC(N)=S. The van der Waals surface area contributed by atoms with Crippen LogP contribution in [0.3, 0.4) is 0 Å². The fourth-order valence-corrected chi connectivity index (χ4v) is 0.204. The van der Waals surface area contributed by atoms with Crippen LogP contribution in [0, 0.1) is 0 Å². The topological polar surface area (TPSA) is 61.3 Å². The first-order valence-corrected chi connectivity index (χ1v) is 3.18. The summed E-state index contributed by atoms with van der Waals surface area (Å²) in [4.78, 5) is 0. The summed E-state index contributed by atoms with van der Waals surface area (Å²) in [5.74, 6) is 0. The van der Waals surface area contributed by atoms with E-state index in [-0.39, 0.29) is 5.11 Å². The molecular formula is C5H14N2OS. The Kier molecular flexibility index (Phi) is 13.5. The monoisotopic (exact) mass is 150 g/mol. The number of rotatable bonds is 2. The van der Waals surface area contributed by atoms with E-state index in [1.165, 1.54) is 0 Å². The summed E-state index contributed by atoms with van der Waals surface area (Å²) in [5, 5.41) is 0.000000000000000222. The maximum atomic E-state index is 4.83. The molecular weight excluding hydrogens is 136 g/mol. The highest BCUT2D eigenvalue weighted by Gasteiger charge is 1.64. The highest BCUT2D eigenvalue weighted by Crippen LogP contribution is 1.64. The lowest BCUT2D eigenvalue weighted by Gasteiger charge is -1.86. The van der Waals surface area contributed by atoms with Gasteiger partial charge in [-0.2, -0.15) is 0 Å². The summed E-state index contributed by atoms with van der Waals surface area (Å²) < 4.78 is 4.83. The second-order valence-corrected chi connectivity index (χ2v) is 1.66. The molecule has 0 aliphatic rings. The Morgan fingerprint density at radius 2 is 1.56 bits per heavy atom. The van der Waals surface area contributed by atoms with Crippen molar-refractivity contribution in [2.75, 3.05) is 13.2 Å². The van der Waals surface area contributed by atoms with Gasteiger partial charge in [-0.3, -0.25) is 0 Å². The number of ether oxygens (including phenoxy) is 1. The van der Waals surface area contributed by atoms with Crippen molar-refractivity contribution in [2.24, 2.45) is 11.5 Å². The zero-order chi connectivity index (χ0) is 7.70. The van der Waals surface area contributed by atoms with Crippen LogP contribution in [0.15, 0.2) is 0 Å². The number of thiocarbonyl (C=S) groups is 1. The third-order valence-electron chi connectivity index (χ3n) is 0.408. The molecule has 0 atom stereocenters. The lowest BCUT2D eigenvalue weighted by atomic mass is 10.8. The van der Waals surface area contributed by atoms with Gasteiger partial charge in [0.15, 0.2) is 5.11 Å². The molecule has 0 rings (SSSR count). The van der Waals surface area contributed by atoms with E-state index in [0.29, 0.717) is 0 Å². The van der Waals surface area contributed by atoms with E-state index < -0.39 is 0 Å². The Morgan fingerprint density at radius 3 is 1.56 bits per heavy atom. The minimum Gasteiger partial charge on any atom is -0.382 e. The molecule has 0 aromatic heterocycles. The molecule has 3 nitrogen and oxygen atoms in total. The Balaban J connectivity index is 0. The molecule has 0 aliphatic carbocycles. The number of nitrogens with two attached hydrogens (primary N) is 2. The van der Waals surface area contributed by atoms with Crippen LogP contribution in [-0.2, 0) is 4.74 Å². The van der Waals surface area contributed by atoms with Crippen LogP contribution in [0.5, 0.6) is 0 Å².